The molecule has 0 bridgehead atoms. The predicted molar refractivity (Wildman–Crippen MR) is 82.2 cm³/mol. The van der Waals surface area contributed by atoms with Gasteiger partial charge in [0.15, 0.2) is 0 Å². The molecular formula is C18H19NO2. The molecule has 2 N–H and O–H groups in total. The number of aliphatic hydroxyl groups is 1. The number of carbonyl (C=O) groups excluding carboxylic acids is 1. The minimum Gasteiger partial charge on any atom is -0.388 e. The normalized spacial score (nSPS) is 15.8. The van der Waals surface area contributed by atoms with Crippen molar-refractivity contribution in [1.82, 2.24) is 5.32 Å². The number of benzene rings is 2. The van der Waals surface area contributed by atoms with Gasteiger partial charge < -0.3 is 10.4 Å². The summed E-state index contributed by atoms with van der Waals surface area (Å²) in [4.78, 5) is 12.0. The summed E-state index contributed by atoms with van der Waals surface area (Å²) in [6.07, 6.45) is 1.84. The van der Waals surface area contributed by atoms with Crippen LogP contribution in [0.1, 0.15) is 39.6 Å². The topological polar surface area (TPSA) is 49.3 Å². The number of aryl methyl sites for hydroxylation is 1. The lowest BCUT2D eigenvalue weighted by Gasteiger charge is -2.14. The number of aliphatic hydroxyl groups excluding tert-OH is 1. The van der Waals surface area contributed by atoms with Crippen molar-refractivity contribution in [3.8, 4) is 0 Å². The number of hydrogen-bond donors (Lipinski definition) is 2. The molecule has 108 valence electrons. The van der Waals surface area contributed by atoms with Crippen LogP contribution in [0.5, 0.6) is 0 Å². The Kier molecular flexibility index (Phi) is 4.02. The van der Waals surface area contributed by atoms with Gasteiger partial charge in [-0.25, -0.2) is 0 Å². The van der Waals surface area contributed by atoms with E-state index in [9.17, 15) is 9.90 Å². The minimum atomic E-state index is -0.589. The van der Waals surface area contributed by atoms with Crippen LogP contribution in [0.2, 0.25) is 0 Å². The first kappa shape index (κ1) is 13.8. The van der Waals surface area contributed by atoms with Gasteiger partial charge in [-0.1, -0.05) is 42.5 Å². The molecule has 1 heterocycles. The zero-order valence-corrected chi connectivity index (χ0v) is 11.9. The quantitative estimate of drug-likeness (QED) is 0.908. The Balaban J connectivity index is 1.84. The van der Waals surface area contributed by atoms with E-state index in [4.69, 9.17) is 0 Å². The van der Waals surface area contributed by atoms with E-state index in [0.717, 1.165) is 36.1 Å². The molecule has 0 fully saturated rings. The zero-order valence-electron chi connectivity index (χ0n) is 11.9. The SMILES string of the molecule is O=C1NCCCc2ccc(C(O)Cc3ccccc3)cc21. The van der Waals surface area contributed by atoms with Crippen molar-refractivity contribution < 1.29 is 9.90 Å². The van der Waals surface area contributed by atoms with Crippen molar-refractivity contribution in [2.75, 3.05) is 6.54 Å². The lowest BCUT2D eigenvalue weighted by molar-refractivity contribution is 0.0955. The average molecular weight is 281 g/mol. The molecule has 0 saturated carbocycles. The van der Waals surface area contributed by atoms with Crippen molar-refractivity contribution >= 4 is 5.91 Å². The van der Waals surface area contributed by atoms with Gasteiger partial charge in [0.1, 0.15) is 0 Å². The maximum Gasteiger partial charge on any atom is 0.251 e. The first-order chi connectivity index (χ1) is 10.2. The van der Waals surface area contributed by atoms with Crippen molar-refractivity contribution in [2.24, 2.45) is 0 Å². The molecule has 0 aliphatic carbocycles. The highest BCUT2D eigenvalue weighted by Crippen LogP contribution is 2.23. The molecule has 1 atom stereocenters. The van der Waals surface area contributed by atoms with Crippen LogP contribution in [-0.2, 0) is 12.8 Å². The molecule has 1 amide bonds. The van der Waals surface area contributed by atoms with E-state index in [-0.39, 0.29) is 5.91 Å². The Morgan fingerprint density at radius 1 is 1.14 bits per heavy atom. The summed E-state index contributed by atoms with van der Waals surface area (Å²) >= 11 is 0. The predicted octanol–water partition coefficient (Wildman–Crippen LogP) is 2.64. The minimum absolute atomic E-state index is 0.0312. The van der Waals surface area contributed by atoms with Gasteiger partial charge in [-0.05, 0) is 35.6 Å². The maximum absolute atomic E-state index is 12.0. The van der Waals surface area contributed by atoms with Gasteiger partial charge in [0.2, 0.25) is 0 Å². The van der Waals surface area contributed by atoms with Gasteiger partial charge in [0.25, 0.3) is 5.91 Å². The van der Waals surface area contributed by atoms with E-state index < -0.39 is 6.10 Å². The molecule has 1 unspecified atom stereocenters. The van der Waals surface area contributed by atoms with Gasteiger partial charge in [-0.15, -0.1) is 0 Å². The Labute approximate surface area is 124 Å². The fourth-order valence-corrected chi connectivity index (χ4v) is 2.76. The summed E-state index contributed by atoms with van der Waals surface area (Å²) in [7, 11) is 0. The number of carbonyl (C=O) groups is 1. The second kappa shape index (κ2) is 6.10. The monoisotopic (exact) mass is 281 g/mol. The number of nitrogens with one attached hydrogen (secondary N) is 1. The molecule has 3 rings (SSSR count). The number of fused-ring (bicyclic) bond motifs is 1. The molecule has 2 aromatic carbocycles. The molecule has 3 heteroatoms. The molecule has 0 radical (unpaired) electrons. The molecule has 3 nitrogen and oxygen atoms in total. The summed E-state index contributed by atoms with van der Waals surface area (Å²) in [5, 5.41) is 13.3. The lowest BCUT2D eigenvalue weighted by atomic mass is 9.95. The highest BCUT2D eigenvalue weighted by molar-refractivity contribution is 5.96. The second-order valence-corrected chi connectivity index (χ2v) is 5.48. The van der Waals surface area contributed by atoms with Crippen LogP contribution in [0.15, 0.2) is 48.5 Å². The summed E-state index contributed by atoms with van der Waals surface area (Å²) in [5.41, 5.74) is 3.66. The summed E-state index contributed by atoms with van der Waals surface area (Å²) in [5.74, 6) is -0.0312. The van der Waals surface area contributed by atoms with Crippen LogP contribution in [0.3, 0.4) is 0 Å². The fraction of sp³-hybridized carbons (Fsp3) is 0.278. The largest absolute Gasteiger partial charge is 0.388 e. The molecule has 21 heavy (non-hydrogen) atoms. The van der Waals surface area contributed by atoms with Crippen molar-refractivity contribution in [3.05, 3.63) is 70.8 Å². The highest BCUT2D eigenvalue weighted by atomic mass is 16.3. The van der Waals surface area contributed by atoms with Crippen LogP contribution < -0.4 is 5.32 Å². The second-order valence-electron chi connectivity index (χ2n) is 5.48. The number of amides is 1. The third kappa shape index (κ3) is 3.14. The van der Waals surface area contributed by atoms with E-state index in [1.807, 2.05) is 48.5 Å². The molecule has 0 aromatic heterocycles. The standard InChI is InChI=1S/C18H19NO2/c20-17(11-13-5-2-1-3-6-13)15-9-8-14-7-4-10-19-18(21)16(14)12-15/h1-3,5-6,8-9,12,17,20H,4,7,10-11H2,(H,19,21). The van der Waals surface area contributed by atoms with E-state index in [2.05, 4.69) is 5.32 Å². The Morgan fingerprint density at radius 3 is 2.76 bits per heavy atom. The molecule has 1 aliphatic rings. The lowest BCUT2D eigenvalue weighted by Crippen LogP contribution is -2.22. The number of rotatable bonds is 3. The van der Waals surface area contributed by atoms with Crippen molar-refractivity contribution in [2.45, 2.75) is 25.4 Å². The third-order valence-corrected chi connectivity index (χ3v) is 3.94. The molecule has 1 aliphatic heterocycles. The van der Waals surface area contributed by atoms with Crippen LogP contribution in [-0.4, -0.2) is 17.6 Å². The van der Waals surface area contributed by atoms with Crippen LogP contribution in [0.4, 0.5) is 0 Å². The summed E-state index contributed by atoms with van der Waals surface area (Å²) in [6.45, 7) is 0.718. The van der Waals surface area contributed by atoms with E-state index in [1.54, 1.807) is 0 Å². The van der Waals surface area contributed by atoms with E-state index >= 15 is 0 Å². The first-order valence-corrected chi connectivity index (χ1v) is 7.37. The zero-order chi connectivity index (χ0) is 14.7. The molecule has 2 aromatic rings. The van der Waals surface area contributed by atoms with Crippen LogP contribution in [0, 0.1) is 0 Å². The average Bonchev–Trinajstić information content (AvgIpc) is 2.70. The van der Waals surface area contributed by atoms with Gasteiger partial charge in [0, 0.05) is 18.5 Å². The van der Waals surface area contributed by atoms with Gasteiger partial charge in [0.05, 0.1) is 6.10 Å². The molecular weight excluding hydrogens is 262 g/mol. The van der Waals surface area contributed by atoms with Crippen molar-refractivity contribution in [3.63, 3.8) is 0 Å². The van der Waals surface area contributed by atoms with Gasteiger partial charge in [-0.2, -0.15) is 0 Å². The fourth-order valence-electron chi connectivity index (χ4n) is 2.76. The van der Waals surface area contributed by atoms with E-state index in [1.165, 1.54) is 0 Å². The maximum atomic E-state index is 12.0. The van der Waals surface area contributed by atoms with Crippen LogP contribution in [0.25, 0.3) is 0 Å². The van der Waals surface area contributed by atoms with Crippen molar-refractivity contribution in [1.29, 1.82) is 0 Å². The molecule has 0 spiro atoms. The summed E-state index contributed by atoms with van der Waals surface area (Å²) in [6, 6.07) is 15.6. The number of hydrogen-bond acceptors (Lipinski definition) is 2. The summed E-state index contributed by atoms with van der Waals surface area (Å²) < 4.78 is 0. The smallest absolute Gasteiger partial charge is 0.251 e. The van der Waals surface area contributed by atoms with Crippen LogP contribution >= 0.6 is 0 Å². The Bertz CT molecular complexity index is 637. The van der Waals surface area contributed by atoms with E-state index in [0.29, 0.717) is 12.0 Å². The first-order valence-electron chi connectivity index (χ1n) is 7.37. The van der Waals surface area contributed by atoms with Gasteiger partial charge in [-0.3, -0.25) is 4.79 Å². The van der Waals surface area contributed by atoms with Gasteiger partial charge >= 0.3 is 0 Å². The Morgan fingerprint density at radius 2 is 1.95 bits per heavy atom. The Hall–Kier alpha value is -2.13. The molecule has 0 saturated heterocycles. The third-order valence-electron chi connectivity index (χ3n) is 3.94. The highest BCUT2D eigenvalue weighted by Gasteiger charge is 2.17.